The van der Waals surface area contributed by atoms with Gasteiger partial charge in [-0.2, -0.15) is 0 Å². The summed E-state index contributed by atoms with van der Waals surface area (Å²) in [6.45, 7) is 3.24. The minimum Gasteiger partial charge on any atom is -0.388 e. The first kappa shape index (κ1) is 16.8. The number of H-pyrrole nitrogens is 1. The van der Waals surface area contributed by atoms with E-state index in [4.69, 9.17) is 0 Å². The average molecular weight is 352 g/mol. The van der Waals surface area contributed by atoms with Crippen molar-refractivity contribution in [2.24, 2.45) is 0 Å². The molecule has 136 valence electrons. The molecule has 2 aromatic heterocycles. The van der Waals surface area contributed by atoms with Gasteiger partial charge in [-0.15, -0.1) is 0 Å². The third kappa shape index (κ3) is 3.00. The summed E-state index contributed by atoms with van der Waals surface area (Å²) in [6, 6.07) is 5.86. The molecule has 0 saturated carbocycles. The van der Waals surface area contributed by atoms with E-state index in [1.807, 2.05) is 26.1 Å². The maximum Gasteiger partial charge on any atom is 0.261 e. The molecule has 0 spiro atoms. The van der Waals surface area contributed by atoms with Gasteiger partial charge in [-0.05, 0) is 56.4 Å². The number of aryl methyl sites for hydroxylation is 3. The molecule has 2 aliphatic rings. The van der Waals surface area contributed by atoms with E-state index < -0.39 is 0 Å². The molecule has 1 aliphatic carbocycles. The number of carbonyl (C=O) groups excluding carboxylic acids is 1. The summed E-state index contributed by atoms with van der Waals surface area (Å²) >= 11 is 0. The molecule has 26 heavy (non-hydrogen) atoms. The molecular formula is C20H24N4O2. The van der Waals surface area contributed by atoms with E-state index in [0.29, 0.717) is 13.1 Å². The molecule has 0 bridgehead atoms. The summed E-state index contributed by atoms with van der Waals surface area (Å²) < 4.78 is 0. The molecule has 0 aromatic carbocycles. The van der Waals surface area contributed by atoms with Crippen molar-refractivity contribution >= 4 is 11.6 Å². The van der Waals surface area contributed by atoms with E-state index in [1.165, 1.54) is 0 Å². The number of amides is 1. The van der Waals surface area contributed by atoms with E-state index in [1.54, 1.807) is 11.0 Å². The zero-order chi connectivity index (χ0) is 18.3. The summed E-state index contributed by atoms with van der Waals surface area (Å²) in [4.78, 5) is 34.6. The largest absolute Gasteiger partial charge is 0.388 e. The van der Waals surface area contributed by atoms with Gasteiger partial charge in [0.05, 0.1) is 0 Å². The van der Waals surface area contributed by atoms with Crippen molar-refractivity contribution in [2.75, 3.05) is 25.5 Å². The minimum atomic E-state index is -0.259. The van der Waals surface area contributed by atoms with Gasteiger partial charge in [0, 0.05) is 48.8 Å². The van der Waals surface area contributed by atoms with Crippen molar-refractivity contribution in [3.05, 3.63) is 56.8 Å². The first-order chi connectivity index (χ1) is 12.5. The van der Waals surface area contributed by atoms with Gasteiger partial charge in [0.15, 0.2) is 0 Å². The van der Waals surface area contributed by atoms with E-state index in [2.05, 4.69) is 15.3 Å². The Kier molecular flexibility index (Phi) is 4.26. The van der Waals surface area contributed by atoms with E-state index in [0.717, 1.165) is 54.0 Å². The minimum absolute atomic E-state index is 0.162. The number of anilines is 1. The Morgan fingerprint density at radius 1 is 1.31 bits per heavy atom. The number of fused-ring (bicyclic) bond motifs is 1. The Hall–Kier alpha value is -2.63. The van der Waals surface area contributed by atoms with Crippen LogP contribution in [0.2, 0.25) is 0 Å². The van der Waals surface area contributed by atoms with Gasteiger partial charge >= 0.3 is 0 Å². The molecule has 1 saturated heterocycles. The zero-order valence-corrected chi connectivity index (χ0v) is 15.3. The molecule has 1 amide bonds. The lowest BCUT2D eigenvalue weighted by Gasteiger charge is -2.17. The van der Waals surface area contributed by atoms with Gasteiger partial charge in [0.25, 0.3) is 11.5 Å². The Morgan fingerprint density at radius 3 is 2.96 bits per heavy atom. The highest BCUT2D eigenvalue weighted by molar-refractivity contribution is 5.94. The molecule has 2 aromatic rings. The highest BCUT2D eigenvalue weighted by Gasteiger charge is 2.31. The van der Waals surface area contributed by atoms with Crippen LogP contribution in [0.15, 0.2) is 23.0 Å². The predicted molar refractivity (Wildman–Crippen MR) is 101 cm³/mol. The predicted octanol–water partition coefficient (Wildman–Crippen LogP) is 2.24. The van der Waals surface area contributed by atoms with Gasteiger partial charge < -0.3 is 15.2 Å². The van der Waals surface area contributed by atoms with Gasteiger partial charge in [-0.25, -0.2) is 0 Å². The van der Waals surface area contributed by atoms with Crippen LogP contribution in [0.25, 0.3) is 0 Å². The van der Waals surface area contributed by atoms with Crippen molar-refractivity contribution in [3.63, 3.8) is 0 Å². The monoisotopic (exact) mass is 352 g/mol. The fraction of sp³-hybridized carbons (Fsp3) is 0.450. The molecule has 2 N–H and O–H groups in total. The second kappa shape index (κ2) is 6.59. The quantitative estimate of drug-likeness (QED) is 0.888. The van der Waals surface area contributed by atoms with Crippen LogP contribution in [0, 0.1) is 6.92 Å². The molecule has 3 heterocycles. The topological polar surface area (TPSA) is 78.1 Å². The normalized spacial score (nSPS) is 18.8. The number of hydrogen-bond acceptors (Lipinski definition) is 4. The molecular weight excluding hydrogens is 328 g/mol. The first-order valence-electron chi connectivity index (χ1n) is 9.26. The molecule has 1 unspecified atom stereocenters. The van der Waals surface area contributed by atoms with Crippen molar-refractivity contribution in [1.29, 1.82) is 0 Å². The van der Waals surface area contributed by atoms with Gasteiger partial charge in [-0.3, -0.25) is 14.6 Å². The third-order valence-corrected chi connectivity index (χ3v) is 5.47. The number of nitrogens with one attached hydrogen (secondary N) is 2. The highest BCUT2D eigenvalue weighted by atomic mass is 16.2. The lowest BCUT2D eigenvalue weighted by Crippen LogP contribution is -2.33. The molecule has 1 fully saturated rings. The smallest absolute Gasteiger partial charge is 0.261 e. The van der Waals surface area contributed by atoms with Crippen LogP contribution in [0.5, 0.6) is 0 Å². The lowest BCUT2D eigenvalue weighted by molar-refractivity contribution is 0.0789. The first-order valence-corrected chi connectivity index (χ1v) is 9.26. The van der Waals surface area contributed by atoms with Crippen LogP contribution >= 0.6 is 0 Å². The maximum absolute atomic E-state index is 12.9. The summed E-state index contributed by atoms with van der Waals surface area (Å²) in [7, 11) is 1.89. The Morgan fingerprint density at radius 2 is 2.15 bits per heavy atom. The number of hydrogen-bond donors (Lipinski definition) is 2. The highest BCUT2D eigenvalue weighted by Crippen LogP contribution is 2.29. The van der Waals surface area contributed by atoms with Crippen LogP contribution in [-0.2, 0) is 12.8 Å². The van der Waals surface area contributed by atoms with Crippen LogP contribution in [0.4, 0.5) is 5.69 Å². The maximum atomic E-state index is 12.9. The Labute approximate surface area is 152 Å². The molecule has 1 aliphatic heterocycles. The van der Waals surface area contributed by atoms with Crippen LogP contribution < -0.4 is 10.9 Å². The van der Waals surface area contributed by atoms with Crippen LogP contribution in [0.3, 0.4) is 0 Å². The molecule has 1 atom stereocenters. The molecule has 6 heteroatoms. The lowest BCUT2D eigenvalue weighted by atomic mass is 10.0. The van der Waals surface area contributed by atoms with E-state index >= 15 is 0 Å². The number of aromatic amines is 1. The number of pyridine rings is 2. The average Bonchev–Trinajstić information content (AvgIpc) is 3.29. The second-order valence-corrected chi connectivity index (χ2v) is 7.28. The fourth-order valence-corrected chi connectivity index (χ4v) is 4.08. The second-order valence-electron chi connectivity index (χ2n) is 7.28. The van der Waals surface area contributed by atoms with Crippen LogP contribution in [-0.4, -0.2) is 40.9 Å². The van der Waals surface area contributed by atoms with Crippen LogP contribution in [0.1, 0.15) is 51.8 Å². The summed E-state index contributed by atoms with van der Waals surface area (Å²) in [6.07, 6.45) is 3.75. The summed E-state index contributed by atoms with van der Waals surface area (Å²) in [5.74, 6) is 0.0457. The molecule has 4 rings (SSSR count). The number of rotatable bonds is 3. The van der Waals surface area contributed by atoms with Crippen molar-refractivity contribution in [2.45, 2.75) is 38.5 Å². The van der Waals surface area contributed by atoms with Crippen molar-refractivity contribution in [3.8, 4) is 0 Å². The number of carbonyl (C=O) groups is 1. The molecule has 0 radical (unpaired) electrons. The number of nitrogens with zero attached hydrogens (tertiary/aromatic N) is 2. The van der Waals surface area contributed by atoms with Crippen molar-refractivity contribution < 1.29 is 4.79 Å². The third-order valence-electron chi connectivity index (χ3n) is 5.47. The van der Waals surface area contributed by atoms with Gasteiger partial charge in [0.1, 0.15) is 5.56 Å². The fourth-order valence-electron chi connectivity index (χ4n) is 4.08. The Balaban J connectivity index is 1.55. The summed E-state index contributed by atoms with van der Waals surface area (Å²) in [5.41, 5.74) is 5.13. The Bertz CT molecular complexity index is 919. The van der Waals surface area contributed by atoms with Gasteiger partial charge in [-0.1, -0.05) is 0 Å². The number of aromatic nitrogens is 2. The van der Waals surface area contributed by atoms with E-state index in [-0.39, 0.29) is 22.9 Å². The number of likely N-dealkylation sites (tertiary alicyclic amines) is 1. The SMILES string of the molecule is CNc1cc(C)nc(C2CCN(C(=O)c3cc4c([nH]c3=O)CCC4)C2)c1. The van der Waals surface area contributed by atoms with E-state index in [9.17, 15) is 9.59 Å². The standard InChI is InChI=1S/C20H24N4O2/c1-12-8-15(21-2)10-18(22-12)14-6-7-24(11-14)20(26)16-9-13-4-3-5-17(13)23-19(16)25/h8-10,14H,3-7,11H2,1-2H3,(H,21,22)(H,23,25). The zero-order valence-electron chi connectivity index (χ0n) is 15.3. The van der Waals surface area contributed by atoms with Gasteiger partial charge in [0.2, 0.25) is 0 Å². The molecule has 6 nitrogen and oxygen atoms in total. The van der Waals surface area contributed by atoms with Crippen molar-refractivity contribution in [1.82, 2.24) is 14.9 Å². The summed E-state index contributed by atoms with van der Waals surface area (Å²) in [5, 5.41) is 3.16.